The van der Waals surface area contributed by atoms with Crippen molar-refractivity contribution in [3.8, 4) is 0 Å². The maximum absolute atomic E-state index is 12.0. The molecule has 0 saturated carbocycles. The van der Waals surface area contributed by atoms with Crippen molar-refractivity contribution < 1.29 is 4.79 Å². The molecular weight excluding hydrogens is 310 g/mol. The zero-order valence-corrected chi connectivity index (χ0v) is 13.6. The molecule has 0 spiro atoms. The third kappa shape index (κ3) is 2.98. The van der Waals surface area contributed by atoms with Gasteiger partial charge in [0.15, 0.2) is 0 Å². The van der Waals surface area contributed by atoms with Crippen molar-refractivity contribution in [2.24, 2.45) is 12.1 Å². The van der Waals surface area contributed by atoms with Gasteiger partial charge >= 0.3 is 0 Å². The van der Waals surface area contributed by atoms with Crippen LogP contribution in [0.3, 0.4) is 0 Å². The van der Waals surface area contributed by atoms with Crippen molar-refractivity contribution in [3.05, 3.63) is 70.4 Å². The highest BCUT2D eigenvalue weighted by Gasteiger charge is 2.09. The quantitative estimate of drug-likeness (QED) is 0.576. The molecule has 0 saturated heterocycles. The first kappa shape index (κ1) is 15.3. The number of aromatic nitrogens is 1. The minimum Gasteiger partial charge on any atom is -0.347 e. The van der Waals surface area contributed by atoms with Crippen molar-refractivity contribution in [3.63, 3.8) is 0 Å². The Bertz CT molecular complexity index is 895. The second-order valence-electron chi connectivity index (χ2n) is 5.28. The number of hydrogen-bond acceptors (Lipinski definition) is 2. The van der Waals surface area contributed by atoms with Crippen LogP contribution in [0.4, 0.5) is 0 Å². The van der Waals surface area contributed by atoms with E-state index in [1.54, 1.807) is 30.5 Å². The van der Waals surface area contributed by atoms with Gasteiger partial charge in [0.25, 0.3) is 5.91 Å². The summed E-state index contributed by atoms with van der Waals surface area (Å²) in [5, 5.41) is 5.80. The van der Waals surface area contributed by atoms with Gasteiger partial charge in [-0.3, -0.25) is 4.79 Å². The molecule has 0 unspecified atom stereocenters. The van der Waals surface area contributed by atoms with Crippen LogP contribution < -0.4 is 5.43 Å². The Kier molecular flexibility index (Phi) is 4.17. The van der Waals surface area contributed by atoms with Crippen LogP contribution in [0.25, 0.3) is 10.9 Å². The number of amides is 1. The first-order valence-electron chi connectivity index (χ1n) is 7.21. The van der Waals surface area contributed by atoms with Gasteiger partial charge in [-0.15, -0.1) is 0 Å². The molecule has 5 heteroatoms. The molecule has 23 heavy (non-hydrogen) atoms. The van der Waals surface area contributed by atoms with Gasteiger partial charge in [-0.2, -0.15) is 5.10 Å². The Labute approximate surface area is 139 Å². The molecule has 0 aliphatic heterocycles. The van der Waals surface area contributed by atoms with E-state index in [-0.39, 0.29) is 5.91 Å². The van der Waals surface area contributed by atoms with Crippen molar-refractivity contribution >= 4 is 34.6 Å². The Morgan fingerprint density at radius 1 is 1.17 bits per heavy atom. The van der Waals surface area contributed by atoms with E-state index in [1.807, 2.05) is 32.2 Å². The average molecular weight is 326 g/mol. The van der Waals surface area contributed by atoms with E-state index in [0.29, 0.717) is 10.6 Å². The van der Waals surface area contributed by atoms with Crippen LogP contribution >= 0.6 is 11.6 Å². The summed E-state index contributed by atoms with van der Waals surface area (Å²) in [6.07, 6.45) is 1.69. The number of aryl methyl sites for hydroxylation is 1. The normalized spacial score (nSPS) is 11.3. The summed E-state index contributed by atoms with van der Waals surface area (Å²) in [6, 6.07) is 14.8. The average Bonchev–Trinajstić information content (AvgIpc) is 2.81. The maximum atomic E-state index is 12.0. The SMILES string of the molecule is Cc1c(/C=N/NC(=O)c2ccc(Cl)cc2)c2ccccc2n1C. The van der Waals surface area contributed by atoms with E-state index >= 15 is 0 Å². The van der Waals surface area contributed by atoms with Crippen LogP contribution in [-0.4, -0.2) is 16.7 Å². The lowest BCUT2D eigenvalue weighted by Gasteiger charge is -2.00. The zero-order chi connectivity index (χ0) is 16.4. The summed E-state index contributed by atoms with van der Waals surface area (Å²) in [5.74, 6) is -0.268. The lowest BCUT2D eigenvalue weighted by Crippen LogP contribution is -2.17. The lowest BCUT2D eigenvalue weighted by atomic mass is 10.1. The fraction of sp³-hybridized carbons (Fsp3) is 0.111. The monoisotopic (exact) mass is 325 g/mol. The van der Waals surface area contributed by atoms with Gasteiger partial charge in [0.1, 0.15) is 0 Å². The number of para-hydroxylation sites is 1. The Balaban J connectivity index is 1.82. The van der Waals surface area contributed by atoms with Gasteiger partial charge in [-0.05, 0) is 37.3 Å². The number of nitrogens with one attached hydrogen (secondary N) is 1. The van der Waals surface area contributed by atoms with E-state index in [1.165, 1.54) is 0 Å². The van der Waals surface area contributed by atoms with Crippen LogP contribution in [0, 0.1) is 6.92 Å². The molecule has 0 bridgehead atoms. The number of rotatable bonds is 3. The molecule has 0 fully saturated rings. The zero-order valence-electron chi connectivity index (χ0n) is 12.9. The van der Waals surface area contributed by atoms with Crippen LogP contribution in [0.1, 0.15) is 21.6 Å². The molecule has 0 aliphatic carbocycles. The van der Waals surface area contributed by atoms with E-state index in [9.17, 15) is 4.79 Å². The second-order valence-corrected chi connectivity index (χ2v) is 5.72. The maximum Gasteiger partial charge on any atom is 0.271 e. The van der Waals surface area contributed by atoms with Gasteiger partial charge < -0.3 is 4.57 Å². The van der Waals surface area contributed by atoms with Crippen LogP contribution in [0.5, 0.6) is 0 Å². The largest absolute Gasteiger partial charge is 0.347 e. The number of nitrogens with zero attached hydrogens (tertiary/aromatic N) is 2. The smallest absolute Gasteiger partial charge is 0.271 e. The van der Waals surface area contributed by atoms with Crippen LogP contribution in [-0.2, 0) is 7.05 Å². The molecule has 0 atom stereocenters. The standard InChI is InChI=1S/C18H16ClN3O/c1-12-16(15-5-3-4-6-17(15)22(12)2)11-20-21-18(23)13-7-9-14(19)10-8-13/h3-11H,1-2H3,(H,21,23)/b20-11+. The molecule has 1 amide bonds. The van der Waals surface area contributed by atoms with Gasteiger partial charge in [0, 0.05) is 39.8 Å². The van der Waals surface area contributed by atoms with Crippen molar-refractivity contribution in [1.29, 1.82) is 0 Å². The number of fused-ring (bicyclic) bond motifs is 1. The summed E-state index contributed by atoms with van der Waals surface area (Å²) in [4.78, 5) is 12.0. The summed E-state index contributed by atoms with van der Waals surface area (Å²) in [7, 11) is 2.02. The highest BCUT2D eigenvalue weighted by molar-refractivity contribution is 6.30. The van der Waals surface area contributed by atoms with Crippen molar-refractivity contribution in [1.82, 2.24) is 9.99 Å². The van der Waals surface area contributed by atoms with Gasteiger partial charge in [0.2, 0.25) is 0 Å². The minimum absolute atomic E-state index is 0.268. The second kappa shape index (κ2) is 6.26. The van der Waals surface area contributed by atoms with Crippen LogP contribution in [0.2, 0.25) is 5.02 Å². The highest BCUT2D eigenvalue weighted by Crippen LogP contribution is 2.22. The number of benzene rings is 2. The van der Waals surface area contributed by atoms with E-state index in [0.717, 1.165) is 22.2 Å². The molecule has 1 N–H and O–H groups in total. The molecule has 3 aromatic rings. The summed E-state index contributed by atoms with van der Waals surface area (Å²) < 4.78 is 2.11. The topological polar surface area (TPSA) is 46.4 Å². The first-order valence-corrected chi connectivity index (χ1v) is 7.58. The summed E-state index contributed by atoms with van der Waals surface area (Å²) in [5.41, 5.74) is 6.29. The number of hydrazone groups is 1. The Morgan fingerprint density at radius 3 is 2.61 bits per heavy atom. The highest BCUT2D eigenvalue weighted by atomic mass is 35.5. The third-order valence-electron chi connectivity index (χ3n) is 3.91. The third-order valence-corrected chi connectivity index (χ3v) is 4.17. The van der Waals surface area contributed by atoms with E-state index in [2.05, 4.69) is 21.2 Å². The number of carbonyl (C=O) groups is 1. The fourth-order valence-electron chi connectivity index (χ4n) is 2.53. The van der Waals surface area contributed by atoms with Crippen molar-refractivity contribution in [2.45, 2.75) is 6.92 Å². The van der Waals surface area contributed by atoms with E-state index in [4.69, 9.17) is 11.6 Å². The van der Waals surface area contributed by atoms with Crippen LogP contribution in [0.15, 0.2) is 53.6 Å². The molecule has 116 valence electrons. The Hall–Kier alpha value is -2.59. The molecule has 4 nitrogen and oxygen atoms in total. The van der Waals surface area contributed by atoms with E-state index < -0.39 is 0 Å². The lowest BCUT2D eigenvalue weighted by molar-refractivity contribution is 0.0955. The minimum atomic E-state index is -0.268. The number of halogens is 1. The van der Waals surface area contributed by atoms with Gasteiger partial charge in [0.05, 0.1) is 6.21 Å². The fourth-order valence-corrected chi connectivity index (χ4v) is 2.66. The predicted octanol–water partition coefficient (Wildman–Crippen LogP) is 3.90. The summed E-state index contributed by atoms with van der Waals surface area (Å²) in [6.45, 7) is 2.03. The molecular formula is C18H16ClN3O. The predicted molar refractivity (Wildman–Crippen MR) is 94.2 cm³/mol. The molecule has 1 heterocycles. The van der Waals surface area contributed by atoms with Gasteiger partial charge in [-0.1, -0.05) is 29.8 Å². The van der Waals surface area contributed by atoms with Crippen molar-refractivity contribution in [2.75, 3.05) is 0 Å². The molecule has 1 aromatic heterocycles. The molecule has 0 aliphatic rings. The molecule has 3 rings (SSSR count). The number of hydrogen-bond donors (Lipinski definition) is 1. The summed E-state index contributed by atoms with van der Waals surface area (Å²) >= 11 is 5.81. The van der Waals surface area contributed by atoms with Gasteiger partial charge in [-0.25, -0.2) is 5.43 Å². The molecule has 2 aromatic carbocycles. The number of carbonyl (C=O) groups excluding carboxylic acids is 1. The Morgan fingerprint density at radius 2 is 1.87 bits per heavy atom. The molecule has 0 radical (unpaired) electrons. The first-order chi connectivity index (χ1) is 11.1.